The number of hydrogen-bond donors (Lipinski definition) is 2. The molecule has 2 N–H and O–H groups in total. The first-order chi connectivity index (χ1) is 5.71. The zero-order chi connectivity index (χ0) is 8.60. The lowest BCUT2D eigenvalue weighted by molar-refractivity contribution is 0.0404. The fourth-order valence-electron chi connectivity index (χ4n) is 1.87. The Morgan fingerprint density at radius 3 is 2.50 bits per heavy atom. The molecule has 0 atom stereocenters. The van der Waals surface area contributed by atoms with E-state index in [0.717, 1.165) is 35.1 Å². The van der Waals surface area contributed by atoms with Crippen LogP contribution < -0.4 is 0 Å². The maximum atomic E-state index is 10.1. The SMILES string of the molecule is OC1(c2ccc(I)[nH]2)CCCC1. The predicted molar refractivity (Wildman–Crippen MR) is 55.9 cm³/mol. The van der Waals surface area contributed by atoms with E-state index >= 15 is 0 Å². The summed E-state index contributed by atoms with van der Waals surface area (Å²) < 4.78 is 1.10. The molecule has 1 saturated carbocycles. The highest BCUT2D eigenvalue weighted by Crippen LogP contribution is 2.37. The van der Waals surface area contributed by atoms with Gasteiger partial charge in [-0.1, -0.05) is 12.8 Å². The normalized spacial score (nSPS) is 21.5. The van der Waals surface area contributed by atoms with E-state index in [1.54, 1.807) is 0 Å². The molecule has 0 amide bonds. The molecule has 2 rings (SSSR count). The van der Waals surface area contributed by atoms with Gasteiger partial charge in [-0.2, -0.15) is 0 Å². The van der Waals surface area contributed by atoms with Gasteiger partial charge in [-0.3, -0.25) is 0 Å². The Morgan fingerprint density at radius 2 is 2.00 bits per heavy atom. The predicted octanol–water partition coefficient (Wildman–Crippen LogP) is 2.38. The van der Waals surface area contributed by atoms with Crippen LogP contribution in [-0.2, 0) is 5.60 Å². The Kier molecular flexibility index (Phi) is 2.16. The van der Waals surface area contributed by atoms with Crippen LogP contribution in [0.5, 0.6) is 0 Å². The first-order valence-electron chi connectivity index (χ1n) is 4.28. The second kappa shape index (κ2) is 3.03. The molecule has 0 aromatic carbocycles. The van der Waals surface area contributed by atoms with E-state index in [9.17, 15) is 5.11 Å². The smallest absolute Gasteiger partial charge is 0.104 e. The number of nitrogens with one attached hydrogen (secondary N) is 1. The zero-order valence-corrected chi connectivity index (χ0v) is 8.97. The molecule has 2 nitrogen and oxygen atoms in total. The van der Waals surface area contributed by atoms with E-state index < -0.39 is 5.60 Å². The average molecular weight is 277 g/mol. The van der Waals surface area contributed by atoms with E-state index in [0.29, 0.717) is 0 Å². The van der Waals surface area contributed by atoms with Crippen molar-refractivity contribution in [3.63, 3.8) is 0 Å². The minimum absolute atomic E-state index is 0.552. The van der Waals surface area contributed by atoms with Crippen molar-refractivity contribution in [2.24, 2.45) is 0 Å². The van der Waals surface area contributed by atoms with E-state index in [4.69, 9.17) is 0 Å². The van der Waals surface area contributed by atoms with Crippen LogP contribution in [0, 0.1) is 3.70 Å². The van der Waals surface area contributed by atoms with Crippen LogP contribution >= 0.6 is 22.6 Å². The fraction of sp³-hybridized carbons (Fsp3) is 0.556. The molecule has 12 heavy (non-hydrogen) atoms. The summed E-state index contributed by atoms with van der Waals surface area (Å²) in [6.07, 6.45) is 4.10. The van der Waals surface area contributed by atoms with Gasteiger partial charge in [-0.15, -0.1) is 0 Å². The molecule has 0 spiro atoms. The number of halogens is 1. The second-order valence-corrected chi connectivity index (χ2v) is 4.62. The lowest BCUT2D eigenvalue weighted by Crippen LogP contribution is -2.21. The lowest BCUT2D eigenvalue weighted by Gasteiger charge is -2.20. The number of rotatable bonds is 1. The summed E-state index contributed by atoms with van der Waals surface area (Å²) >= 11 is 2.23. The van der Waals surface area contributed by atoms with E-state index in [1.807, 2.05) is 12.1 Å². The largest absolute Gasteiger partial charge is 0.384 e. The van der Waals surface area contributed by atoms with Gasteiger partial charge in [-0.05, 0) is 47.6 Å². The highest BCUT2D eigenvalue weighted by molar-refractivity contribution is 14.1. The van der Waals surface area contributed by atoms with Crippen molar-refractivity contribution in [3.8, 4) is 0 Å². The maximum absolute atomic E-state index is 10.1. The van der Waals surface area contributed by atoms with Gasteiger partial charge in [0.25, 0.3) is 0 Å². The molecular weight excluding hydrogens is 265 g/mol. The van der Waals surface area contributed by atoms with Crippen molar-refractivity contribution >= 4 is 22.6 Å². The summed E-state index contributed by atoms with van der Waals surface area (Å²) in [6.45, 7) is 0. The summed E-state index contributed by atoms with van der Waals surface area (Å²) in [5.41, 5.74) is 0.438. The Morgan fingerprint density at radius 1 is 1.33 bits per heavy atom. The highest BCUT2D eigenvalue weighted by Gasteiger charge is 2.33. The van der Waals surface area contributed by atoms with E-state index in [2.05, 4.69) is 27.6 Å². The molecule has 1 aliphatic carbocycles. The van der Waals surface area contributed by atoms with Gasteiger partial charge in [0.1, 0.15) is 5.60 Å². The third kappa shape index (κ3) is 1.40. The molecule has 1 fully saturated rings. The molecule has 1 heterocycles. The first kappa shape index (κ1) is 8.56. The fourth-order valence-corrected chi connectivity index (χ4v) is 2.34. The number of aromatic amines is 1. The van der Waals surface area contributed by atoms with Crippen LogP contribution in [0.3, 0.4) is 0 Å². The van der Waals surface area contributed by atoms with Crippen LogP contribution in [0.1, 0.15) is 31.4 Å². The van der Waals surface area contributed by atoms with Crippen LogP contribution in [0.25, 0.3) is 0 Å². The molecule has 0 bridgehead atoms. The molecule has 1 aromatic rings. The maximum Gasteiger partial charge on any atom is 0.104 e. The van der Waals surface area contributed by atoms with Gasteiger partial charge in [0.2, 0.25) is 0 Å². The van der Waals surface area contributed by atoms with Crippen molar-refractivity contribution in [2.45, 2.75) is 31.3 Å². The van der Waals surface area contributed by atoms with E-state index in [-0.39, 0.29) is 0 Å². The molecular formula is C9H12INO. The third-order valence-corrected chi connectivity index (χ3v) is 3.21. The average Bonchev–Trinajstić information content (AvgIpc) is 2.59. The Labute approximate surface area is 85.5 Å². The van der Waals surface area contributed by atoms with Gasteiger partial charge in [-0.25, -0.2) is 0 Å². The summed E-state index contributed by atoms with van der Waals surface area (Å²) in [6, 6.07) is 4.00. The van der Waals surface area contributed by atoms with Gasteiger partial charge in [0.05, 0.1) is 3.70 Å². The molecule has 0 aliphatic heterocycles. The molecule has 0 radical (unpaired) electrons. The highest BCUT2D eigenvalue weighted by atomic mass is 127. The van der Waals surface area contributed by atoms with Crippen LogP contribution in [0.15, 0.2) is 12.1 Å². The third-order valence-electron chi connectivity index (χ3n) is 2.58. The van der Waals surface area contributed by atoms with Crippen molar-refractivity contribution in [3.05, 3.63) is 21.5 Å². The van der Waals surface area contributed by atoms with Gasteiger partial charge in [0.15, 0.2) is 0 Å². The van der Waals surface area contributed by atoms with Crippen molar-refractivity contribution < 1.29 is 5.11 Å². The molecule has 66 valence electrons. The molecule has 0 unspecified atom stereocenters. The van der Waals surface area contributed by atoms with Crippen molar-refractivity contribution in [1.82, 2.24) is 4.98 Å². The Hall–Kier alpha value is -0.0300. The monoisotopic (exact) mass is 277 g/mol. The summed E-state index contributed by atoms with van der Waals surface area (Å²) in [4.78, 5) is 3.20. The summed E-state index contributed by atoms with van der Waals surface area (Å²) in [5, 5.41) is 10.1. The molecule has 1 aromatic heterocycles. The van der Waals surface area contributed by atoms with Gasteiger partial charge < -0.3 is 10.1 Å². The van der Waals surface area contributed by atoms with Crippen LogP contribution in [0.2, 0.25) is 0 Å². The molecule has 1 aliphatic rings. The number of aliphatic hydroxyl groups is 1. The van der Waals surface area contributed by atoms with Crippen LogP contribution in [0.4, 0.5) is 0 Å². The lowest BCUT2D eigenvalue weighted by atomic mass is 9.99. The van der Waals surface area contributed by atoms with Gasteiger partial charge >= 0.3 is 0 Å². The van der Waals surface area contributed by atoms with E-state index in [1.165, 1.54) is 0 Å². The minimum atomic E-state index is -0.552. The number of hydrogen-bond acceptors (Lipinski definition) is 1. The summed E-state index contributed by atoms with van der Waals surface area (Å²) in [5.74, 6) is 0. The Balaban J connectivity index is 2.28. The Bertz CT molecular complexity index is 276. The standard InChI is InChI=1S/C9H12INO/c10-8-4-3-7(11-8)9(12)5-1-2-6-9/h3-4,11-12H,1-2,5-6H2. The summed E-state index contributed by atoms with van der Waals surface area (Å²) in [7, 11) is 0. The molecule has 3 heteroatoms. The number of H-pyrrole nitrogens is 1. The second-order valence-electron chi connectivity index (χ2n) is 3.46. The quantitative estimate of drug-likeness (QED) is 0.760. The number of aromatic nitrogens is 1. The van der Waals surface area contributed by atoms with Crippen molar-refractivity contribution in [1.29, 1.82) is 0 Å². The molecule has 0 saturated heterocycles. The van der Waals surface area contributed by atoms with Crippen molar-refractivity contribution in [2.75, 3.05) is 0 Å². The topological polar surface area (TPSA) is 36.0 Å². The van der Waals surface area contributed by atoms with Gasteiger partial charge in [0, 0.05) is 5.69 Å². The van der Waals surface area contributed by atoms with Crippen LogP contribution in [-0.4, -0.2) is 10.1 Å². The first-order valence-corrected chi connectivity index (χ1v) is 5.36. The minimum Gasteiger partial charge on any atom is -0.384 e. The zero-order valence-electron chi connectivity index (χ0n) is 6.81.